The van der Waals surface area contributed by atoms with Gasteiger partial charge in [-0.25, -0.2) is 10.4 Å². The van der Waals surface area contributed by atoms with Crippen molar-refractivity contribution in [2.75, 3.05) is 0 Å². The lowest BCUT2D eigenvalue weighted by Crippen LogP contribution is -2.20. The van der Waals surface area contributed by atoms with E-state index in [1.807, 2.05) is 25.3 Å². The van der Waals surface area contributed by atoms with Gasteiger partial charge in [0.2, 0.25) is 0 Å². The maximum absolute atomic E-state index is 12.8. The van der Waals surface area contributed by atoms with E-state index in [1.54, 1.807) is 10.6 Å². The highest BCUT2D eigenvalue weighted by molar-refractivity contribution is 9.10. The molecule has 31 heavy (non-hydrogen) atoms. The quantitative estimate of drug-likeness (QED) is 0.324. The summed E-state index contributed by atoms with van der Waals surface area (Å²) >= 11 is 3.44. The van der Waals surface area contributed by atoms with Gasteiger partial charge in [0.15, 0.2) is 0 Å². The van der Waals surface area contributed by atoms with Crippen LogP contribution in [0.5, 0.6) is 0 Å². The van der Waals surface area contributed by atoms with Crippen molar-refractivity contribution in [2.45, 2.75) is 34.6 Å². The minimum atomic E-state index is -0.303. The Hall–Kier alpha value is -3.19. The summed E-state index contributed by atoms with van der Waals surface area (Å²) in [6.07, 6.45) is 3.52. The van der Waals surface area contributed by atoms with Crippen LogP contribution >= 0.6 is 15.9 Å². The zero-order chi connectivity index (χ0) is 22.3. The molecule has 158 valence electrons. The number of imidazole rings is 1. The number of aryl methyl sites for hydroxylation is 4. The molecule has 6 nitrogen and oxygen atoms in total. The van der Waals surface area contributed by atoms with Crippen LogP contribution in [-0.2, 0) is 0 Å². The normalized spacial score (nSPS) is 11.5. The monoisotopic (exact) mass is 477 g/mol. The molecule has 7 heteroatoms. The molecule has 0 bridgehead atoms. The van der Waals surface area contributed by atoms with Gasteiger partial charge < -0.3 is 4.57 Å². The molecule has 0 radical (unpaired) electrons. The Morgan fingerprint density at radius 2 is 1.87 bits per heavy atom. The summed E-state index contributed by atoms with van der Waals surface area (Å²) < 4.78 is 4.85. The molecule has 0 atom stereocenters. The Morgan fingerprint density at radius 1 is 1.10 bits per heavy atom. The van der Waals surface area contributed by atoms with Crippen LogP contribution in [0, 0.1) is 34.6 Å². The molecule has 0 saturated carbocycles. The molecule has 0 aliphatic heterocycles. The van der Waals surface area contributed by atoms with E-state index in [2.05, 4.69) is 88.0 Å². The highest BCUT2D eigenvalue weighted by Gasteiger charge is 2.17. The Morgan fingerprint density at radius 3 is 2.65 bits per heavy atom. The number of fused-ring (bicyclic) bond motifs is 1. The highest BCUT2D eigenvalue weighted by Crippen LogP contribution is 2.23. The first kappa shape index (κ1) is 21.1. The van der Waals surface area contributed by atoms with Gasteiger partial charge in [0.05, 0.1) is 11.9 Å². The van der Waals surface area contributed by atoms with Crippen molar-refractivity contribution in [3.63, 3.8) is 0 Å². The van der Waals surface area contributed by atoms with E-state index in [-0.39, 0.29) is 5.91 Å². The van der Waals surface area contributed by atoms with Crippen molar-refractivity contribution in [3.05, 3.63) is 86.5 Å². The number of hydrogen-bond donors (Lipinski definition) is 1. The average molecular weight is 478 g/mol. The van der Waals surface area contributed by atoms with E-state index >= 15 is 0 Å². The number of nitrogens with one attached hydrogen (secondary N) is 1. The van der Waals surface area contributed by atoms with Crippen LogP contribution < -0.4 is 5.43 Å². The molecule has 3 aromatic heterocycles. The van der Waals surface area contributed by atoms with Crippen LogP contribution in [0.1, 0.15) is 44.3 Å². The van der Waals surface area contributed by atoms with Gasteiger partial charge in [-0.2, -0.15) is 5.10 Å². The Balaban J connectivity index is 1.61. The van der Waals surface area contributed by atoms with Crippen molar-refractivity contribution in [1.82, 2.24) is 19.4 Å². The van der Waals surface area contributed by atoms with Crippen molar-refractivity contribution in [1.29, 1.82) is 0 Å². The van der Waals surface area contributed by atoms with Gasteiger partial charge in [-0.05, 0) is 85.9 Å². The van der Waals surface area contributed by atoms with Crippen LogP contribution in [0.4, 0.5) is 0 Å². The number of benzene rings is 1. The Bertz CT molecular complexity index is 1350. The molecule has 4 aromatic rings. The molecular weight excluding hydrogens is 454 g/mol. The second-order valence-electron chi connectivity index (χ2n) is 7.77. The molecule has 0 aliphatic carbocycles. The van der Waals surface area contributed by atoms with Crippen molar-refractivity contribution >= 4 is 33.7 Å². The lowest BCUT2D eigenvalue weighted by Gasteiger charge is -2.13. The minimum absolute atomic E-state index is 0.303. The van der Waals surface area contributed by atoms with Crippen molar-refractivity contribution < 1.29 is 4.79 Å². The molecule has 0 fully saturated rings. The third-order valence-electron chi connectivity index (χ3n) is 5.42. The first-order chi connectivity index (χ1) is 14.8. The summed E-state index contributed by atoms with van der Waals surface area (Å²) in [4.78, 5) is 17.2. The van der Waals surface area contributed by atoms with E-state index in [0.717, 1.165) is 27.1 Å². The molecule has 0 aliphatic rings. The zero-order valence-electron chi connectivity index (χ0n) is 18.2. The predicted molar refractivity (Wildman–Crippen MR) is 127 cm³/mol. The minimum Gasteiger partial charge on any atom is -0.318 e. The van der Waals surface area contributed by atoms with E-state index in [4.69, 9.17) is 0 Å². The molecule has 0 unspecified atom stereocenters. The third kappa shape index (κ3) is 3.93. The van der Waals surface area contributed by atoms with Crippen LogP contribution in [0.3, 0.4) is 0 Å². The van der Waals surface area contributed by atoms with Crippen LogP contribution in [0.25, 0.3) is 11.3 Å². The van der Waals surface area contributed by atoms with Gasteiger partial charge >= 0.3 is 0 Å². The smallest absolute Gasteiger partial charge is 0.290 e. The largest absolute Gasteiger partial charge is 0.318 e. The SMILES string of the molecule is Cc1ccc(C)c(-n2c(C)cc(/C=N\NC(=O)c3c(C)nc4ccc(Br)cn34)c2C)c1. The second kappa shape index (κ2) is 8.15. The lowest BCUT2D eigenvalue weighted by atomic mass is 10.1. The predicted octanol–water partition coefficient (Wildman–Crippen LogP) is 5.19. The average Bonchev–Trinajstić information content (AvgIpc) is 3.18. The van der Waals surface area contributed by atoms with E-state index in [0.29, 0.717) is 17.0 Å². The van der Waals surface area contributed by atoms with Gasteiger partial charge in [0, 0.05) is 33.3 Å². The second-order valence-corrected chi connectivity index (χ2v) is 8.69. The summed E-state index contributed by atoms with van der Waals surface area (Å²) in [6, 6.07) is 12.3. The third-order valence-corrected chi connectivity index (χ3v) is 5.89. The number of aromatic nitrogens is 3. The Kier molecular flexibility index (Phi) is 5.54. The number of halogens is 1. The Labute approximate surface area is 189 Å². The number of amides is 1. The highest BCUT2D eigenvalue weighted by atomic mass is 79.9. The summed E-state index contributed by atoms with van der Waals surface area (Å²) in [7, 11) is 0. The topological polar surface area (TPSA) is 63.7 Å². The number of carbonyl (C=O) groups excluding carboxylic acids is 1. The van der Waals surface area contributed by atoms with E-state index < -0.39 is 0 Å². The summed E-state index contributed by atoms with van der Waals surface area (Å²) in [5.41, 5.74) is 11.2. The molecule has 4 rings (SSSR count). The zero-order valence-corrected chi connectivity index (χ0v) is 19.8. The first-order valence-electron chi connectivity index (χ1n) is 10.0. The lowest BCUT2D eigenvalue weighted by molar-refractivity contribution is 0.0948. The van der Waals surface area contributed by atoms with E-state index in [1.165, 1.54) is 11.1 Å². The molecule has 3 heterocycles. The van der Waals surface area contributed by atoms with Crippen LogP contribution in [0.15, 0.2) is 52.2 Å². The maximum atomic E-state index is 12.8. The summed E-state index contributed by atoms with van der Waals surface area (Å²) in [6.45, 7) is 10.2. The summed E-state index contributed by atoms with van der Waals surface area (Å²) in [5.74, 6) is -0.303. The van der Waals surface area contributed by atoms with Crippen molar-refractivity contribution in [2.24, 2.45) is 5.10 Å². The molecule has 1 aromatic carbocycles. The van der Waals surface area contributed by atoms with Gasteiger partial charge in [-0.15, -0.1) is 0 Å². The molecule has 0 saturated heterocycles. The molecule has 1 amide bonds. The number of hydrazone groups is 1. The van der Waals surface area contributed by atoms with Gasteiger partial charge in [-0.1, -0.05) is 12.1 Å². The standard InChI is InChI=1S/C24H24BrN5O/c1-14-6-7-15(2)21(10-14)30-16(3)11-19(18(30)5)12-26-28-24(31)23-17(4)27-22-9-8-20(25)13-29(22)23/h6-13H,1-5H3,(H,28,31)/b26-12-. The number of nitrogens with zero attached hydrogens (tertiary/aromatic N) is 4. The summed E-state index contributed by atoms with van der Waals surface area (Å²) in [5, 5.41) is 4.23. The maximum Gasteiger partial charge on any atom is 0.290 e. The van der Waals surface area contributed by atoms with Gasteiger partial charge in [-0.3, -0.25) is 9.20 Å². The number of rotatable bonds is 4. The molecule has 0 spiro atoms. The fraction of sp³-hybridized carbons (Fsp3) is 0.208. The van der Waals surface area contributed by atoms with Gasteiger partial charge in [0.1, 0.15) is 11.3 Å². The van der Waals surface area contributed by atoms with Crippen LogP contribution in [-0.4, -0.2) is 26.1 Å². The molecular formula is C24H24BrN5O. The number of hydrogen-bond acceptors (Lipinski definition) is 3. The number of carbonyl (C=O) groups is 1. The van der Waals surface area contributed by atoms with E-state index in [9.17, 15) is 4.79 Å². The fourth-order valence-corrected chi connectivity index (χ4v) is 4.21. The molecule has 1 N–H and O–H groups in total. The van der Waals surface area contributed by atoms with Crippen molar-refractivity contribution in [3.8, 4) is 5.69 Å². The van der Waals surface area contributed by atoms with Crippen LogP contribution in [0.2, 0.25) is 0 Å². The number of pyridine rings is 1. The fourth-order valence-electron chi connectivity index (χ4n) is 3.87. The first-order valence-corrected chi connectivity index (χ1v) is 10.8. The van der Waals surface area contributed by atoms with Gasteiger partial charge in [0.25, 0.3) is 5.91 Å².